The van der Waals surface area contributed by atoms with Crippen molar-refractivity contribution in [3.05, 3.63) is 36.2 Å². The van der Waals surface area contributed by atoms with Gasteiger partial charge in [0.25, 0.3) is 0 Å². The minimum Gasteiger partial charge on any atom is -0.260 e. The summed E-state index contributed by atoms with van der Waals surface area (Å²) in [4.78, 5) is 4.34. The first-order valence-corrected chi connectivity index (χ1v) is 6.53. The molecule has 0 bridgehead atoms. The summed E-state index contributed by atoms with van der Waals surface area (Å²) < 4.78 is 0. The van der Waals surface area contributed by atoms with E-state index in [2.05, 4.69) is 47.7 Å². The molecule has 2 aromatic rings. The highest BCUT2D eigenvalue weighted by molar-refractivity contribution is 7.27. The van der Waals surface area contributed by atoms with E-state index in [9.17, 15) is 0 Å². The maximum absolute atomic E-state index is 4.34. The van der Waals surface area contributed by atoms with Crippen molar-refractivity contribution < 1.29 is 0 Å². The molecule has 2 rings (SSSR count). The minimum atomic E-state index is 0.915. The van der Waals surface area contributed by atoms with Gasteiger partial charge in [-0.3, -0.25) is 4.98 Å². The van der Waals surface area contributed by atoms with Crippen LogP contribution in [-0.4, -0.2) is 4.98 Å². The van der Waals surface area contributed by atoms with Gasteiger partial charge in [-0.05, 0) is 22.8 Å². The van der Waals surface area contributed by atoms with E-state index in [0.29, 0.717) is 0 Å². The Kier molecular flexibility index (Phi) is 5.15. The Bertz CT molecular complexity index is 441. The molecule has 3 heteroatoms. The molecule has 0 aliphatic rings. The third-order valence-electron chi connectivity index (χ3n) is 2.01. The summed E-state index contributed by atoms with van der Waals surface area (Å²) in [6, 6.07) is 8.48. The average molecular weight is 237 g/mol. The molecule has 0 saturated carbocycles. The maximum Gasteiger partial charge on any atom is 0.0447 e. The molecule has 0 aliphatic heterocycles. The normalized spacial score (nSPS) is 9.60. The lowest BCUT2D eigenvalue weighted by molar-refractivity contribution is 1.20. The first-order valence-electron chi connectivity index (χ1n) is 5.14. The maximum atomic E-state index is 4.34. The number of aromatic nitrogens is 1. The summed E-state index contributed by atoms with van der Waals surface area (Å²) in [5.41, 5.74) is 1.12. The van der Waals surface area contributed by atoms with E-state index in [-0.39, 0.29) is 0 Å². The fraction of sp³-hybridized carbons (Fsp3) is 0.250. The van der Waals surface area contributed by atoms with Crippen LogP contribution in [0.2, 0.25) is 0 Å². The molecule has 1 heterocycles. The van der Waals surface area contributed by atoms with Crippen LogP contribution >= 0.6 is 18.5 Å². The van der Waals surface area contributed by atoms with Crippen molar-refractivity contribution in [2.45, 2.75) is 20.0 Å². The smallest absolute Gasteiger partial charge is 0.0447 e. The summed E-state index contributed by atoms with van der Waals surface area (Å²) in [5.74, 6) is 0. The molecule has 0 saturated heterocycles. The van der Waals surface area contributed by atoms with Crippen molar-refractivity contribution in [2.24, 2.45) is 0 Å². The molecule has 0 amide bonds. The predicted molar refractivity (Wildman–Crippen MR) is 75.8 cm³/mol. The summed E-state index contributed by atoms with van der Waals surface area (Å²) in [7, 11) is 5.38. The third kappa shape index (κ3) is 3.23. The molecule has 0 fully saturated rings. The highest BCUT2D eigenvalue weighted by Gasteiger charge is 1.96. The van der Waals surface area contributed by atoms with E-state index in [1.807, 2.05) is 20.0 Å². The molecule has 0 aliphatic carbocycles. The van der Waals surface area contributed by atoms with Gasteiger partial charge in [-0.1, -0.05) is 26.0 Å². The lowest BCUT2D eigenvalue weighted by Gasteiger charge is -2.00. The van der Waals surface area contributed by atoms with Crippen molar-refractivity contribution in [3.63, 3.8) is 0 Å². The van der Waals surface area contributed by atoms with Gasteiger partial charge in [-0.15, -0.1) is 18.5 Å². The number of nitrogens with zero attached hydrogens (tertiary/aromatic N) is 1. The van der Waals surface area contributed by atoms with E-state index in [0.717, 1.165) is 11.9 Å². The first-order chi connectivity index (χ1) is 7.29. The summed E-state index contributed by atoms with van der Waals surface area (Å²) in [6.45, 7) is 4.00. The second-order valence-electron chi connectivity index (χ2n) is 2.99. The number of pyridine rings is 1. The molecule has 80 valence electrons. The molecule has 0 spiro atoms. The van der Waals surface area contributed by atoms with Crippen LogP contribution in [0.4, 0.5) is 0 Å². The lowest BCUT2D eigenvalue weighted by Crippen LogP contribution is -1.90. The number of rotatable bonds is 1. The van der Waals surface area contributed by atoms with E-state index in [1.54, 1.807) is 0 Å². The monoisotopic (exact) mass is 237 g/mol. The zero-order chi connectivity index (χ0) is 11.3. The molecular weight excluding hydrogens is 220 g/mol. The Balaban J connectivity index is 0.000000531. The molecule has 0 N–H and O–H groups in total. The number of hydrogen-bond acceptors (Lipinski definition) is 1. The van der Waals surface area contributed by atoms with Gasteiger partial charge in [0.1, 0.15) is 0 Å². The quantitative estimate of drug-likeness (QED) is 0.694. The highest BCUT2D eigenvalue weighted by atomic mass is 31.0. The van der Waals surface area contributed by atoms with Gasteiger partial charge in [-0.2, -0.15) is 0 Å². The topological polar surface area (TPSA) is 12.9 Å². The van der Waals surface area contributed by atoms with E-state index in [1.165, 1.54) is 16.1 Å². The summed E-state index contributed by atoms with van der Waals surface area (Å²) >= 11 is 0. The number of fused-ring (bicyclic) bond motifs is 1. The second kappa shape index (κ2) is 6.16. The third-order valence-corrected chi connectivity index (χ3v) is 2.79. The SMILES string of the molecule is CC.PCc1cc2ccc(P)cc2cn1. The number of benzene rings is 1. The second-order valence-corrected chi connectivity index (χ2v) is 4.06. The molecule has 2 atom stereocenters. The fourth-order valence-corrected chi connectivity index (χ4v) is 1.82. The Morgan fingerprint density at radius 2 is 1.87 bits per heavy atom. The van der Waals surface area contributed by atoms with Crippen LogP contribution in [0.25, 0.3) is 10.8 Å². The van der Waals surface area contributed by atoms with Gasteiger partial charge in [0.05, 0.1) is 0 Å². The van der Waals surface area contributed by atoms with Crippen molar-refractivity contribution >= 4 is 34.6 Å². The largest absolute Gasteiger partial charge is 0.260 e. The lowest BCUT2D eigenvalue weighted by atomic mass is 10.1. The van der Waals surface area contributed by atoms with E-state index >= 15 is 0 Å². The highest BCUT2D eigenvalue weighted by Crippen LogP contribution is 2.14. The van der Waals surface area contributed by atoms with E-state index < -0.39 is 0 Å². The van der Waals surface area contributed by atoms with Crippen LogP contribution in [0.3, 0.4) is 0 Å². The Hall–Kier alpha value is -0.510. The van der Waals surface area contributed by atoms with Gasteiger partial charge in [0, 0.05) is 23.4 Å². The predicted octanol–water partition coefficient (Wildman–Crippen LogP) is 3.14. The van der Waals surface area contributed by atoms with Crippen LogP contribution < -0.4 is 5.30 Å². The standard InChI is InChI=1S/C10H11NP2.C2H6/c12-6-9-3-7-1-2-10(13)4-8(7)5-11-9;1-2/h1-5H,6,12-13H2;1-2H3. The Labute approximate surface area is 96.1 Å². The minimum absolute atomic E-state index is 0.915. The van der Waals surface area contributed by atoms with E-state index in [4.69, 9.17) is 0 Å². The van der Waals surface area contributed by atoms with Crippen LogP contribution in [0.15, 0.2) is 30.5 Å². The van der Waals surface area contributed by atoms with Gasteiger partial charge >= 0.3 is 0 Å². The molecule has 1 aromatic carbocycles. The van der Waals surface area contributed by atoms with Crippen LogP contribution in [0, 0.1) is 0 Å². The molecular formula is C12H17NP2. The molecule has 1 nitrogen and oxygen atoms in total. The van der Waals surface area contributed by atoms with Gasteiger partial charge in [0.2, 0.25) is 0 Å². The zero-order valence-electron chi connectivity index (χ0n) is 9.20. The zero-order valence-corrected chi connectivity index (χ0v) is 11.5. The van der Waals surface area contributed by atoms with Crippen molar-refractivity contribution in [1.29, 1.82) is 0 Å². The first kappa shape index (κ1) is 12.6. The van der Waals surface area contributed by atoms with Gasteiger partial charge in [-0.25, -0.2) is 0 Å². The van der Waals surface area contributed by atoms with Crippen molar-refractivity contribution in [3.8, 4) is 0 Å². The molecule has 1 aromatic heterocycles. The molecule has 2 unspecified atom stereocenters. The van der Waals surface area contributed by atoms with Crippen LogP contribution in [-0.2, 0) is 6.16 Å². The van der Waals surface area contributed by atoms with Gasteiger partial charge in [0.15, 0.2) is 0 Å². The van der Waals surface area contributed by atoms with Gasteiger partial charge < -0.3 is 0 Å². The summed E-state index contributed by atoms with van der Waals surface area (Å²) in [6.07, 6.45) is 2.85. The van der Waals surface area contributed by atoms with Crippen LogP contribution in [0.1, 0.15) is 19.5 Å². The molecule has 0 radical (unpaired) electrons. The fourth-order valence-electron chi connectivity index (χ4n) is 1.32. The van der Waals surface area contributed by atoms with Crippen LogP contribution in [0.5, 0.6) is 0 Å². The number of hydrogen-bond donors (Lipinski definition) is 0. The van der Waals surface area contributed by atoms with Crippen molar-refractivity contribution in [1.82, 2.24) is 4.98 Å². The average Bonchev–Trinajstić information content (AvgIpc) is 2.31. The van der Waals surface area contributed by atoms with Crippen molar-refractivity contribution in [2.75, 3.05) is 0 Å². The molecule has 15 heavy (non-hydrogen) atoms. The Morgan fingerprint density at radius 1 is 1.13 bits per heavy atom. The Morgan fingerprint density at radius 3 is 2.53 bits per heavy atom. The summed E-state index contributed by atoms with van der Waals surface area (Å²) in [5, 5.41) is 3.67.